The van der Waals surface area contributed by atoms with Crippen LogP contribution in [0.3, 0.4) is 0 Å². The maximum atomic E-state index is 13.5. The Morgan fingerprint density at radius 1 is 1.42 bits per heavy atom. The smallest absolute Gasteiger partial charge is 0.237 e. The third-order valence-corrected chi connectivity index (χ3v) is 4.18. The molecular formula is C14H17FN2OS. The van der Waals surface area contributed by atoms with Crippen LogP contribution in [0.1, 0.15) is 31.2 Å². The number of nitrogens with one attached hydrogen (secondary N) is 1. The van der Waals surface area contributed by atoms with Crippen molar-refractivity contribution in [3.8, 4) is 0 Å². The van der Waals surface area contributed by atoms with Crippen molar-refractivity contribution in [1.82, 2.24) is 0 Å². The number of aryl methyl sites for hydroxylation is 1. The van der Waals surface area contributed by atoms with Crippen molar-refractivity contribution in [3.05, 3.63) is 29.6 Å². The minimum atomic E-state index is -0.767. The monoisotopic (exact) mass is 280 g/mol. The summed E-state index contributed by atoms with van der Waals surface area (Å²) in [5, 5.41) is 2.73. The molecule has 0 aliphatic heterocycles. The van der Waals surface area contributed by atoms with Crippen LogP contribution in [-0.2, 0) is 4.79 Å². The highest BCUT2D eigenvalue weighted by molar-refractivity contribution is 7.80. The lowest BCUT2D eigenvalue weighted by atomic mass is 9.85. The van der Waals surface area contributed by atoms with Crippen LogP contribution in [0.5, 0.6) is 0 Å². The highest BCUT2D eigenvalue weighted by Gasteiger charge is 2.43. The molecule has 1 saturated carbocycles. The van der Waals surface area contributed by atoms with Crippen LogP contribution >= 0.6 is 12.2 Å². The summed E-state index contributed by atoms with van der Waals surface area (Å²) in [6.07, 6.45) is 3.21. The molecule has 0 spiro atoms. The molecular weight excluding hydrogens is 263 g/mol. The van der Waals surface area contributed by atoms with Crippen LogP contribution in [0.2, 0.25) is 0 Å². The Balaban J connectivity index is 2.20. The predicted octanol–water partition coefficient (Wildman–Crippen LogP) is 2.92. The van der Waals surface area contributed by atoms with Gasteiger partial charge in [-0.15, -0.1) is 0 Å². The maximum absolute atomic E-state index is 13.5. The zero-order valence-electron chi connectivity index (χ0n) is 10.8. The van der Waals surface area contributed by atoms with Crippen molar-refractivity contribution in [2.75, 3.05) is 5.32 Å². The van der Waals surface area contributed by atoms with Gasteiger partial charge in [0.1, 0.15) is 5.82 Å². The molecule has 0 saturated heterocycles. The van der Waals surface area contributed by atoms with Crippen LogP contribution < -0.4 is 11.1 Å². The molecule has 0 atom stereocenters. The zero-order chi connectivity index (χ0) is 14.0. The lowest BCUT2D eigenvalue weighted by Crippen LogP contribution is -2.43. The third kappa shape index (κ3) is 2.61. The summed E-state index contributed by atoms with van der Waals surface area (Å²) in [6.45, 7) is 1.68. The highest BCUT2D eigenvalue weighted by atomic mass is 32.1. The molecule has 2 rings (SSSR count). The molecule has 1 amide bonds. The molecule has 3 N–H and O–H groups in total. The molecule has 1 aliphatic rings. The SMILES string of the molecule is Cc1ccc(NC(=O)C2(C(N)=S)CCCC2)cc1F. The molecule has 0 unspecified atom stereocenters. The number of anilines is 1. The van der Waals surface area contributed by atoms with E-state index in [2.05, 4.69) is 5.32 Å². The summed E-state index contributed by atoms with van der Waals surface area (Å²) < 4.78 is 13.5. The number of thiocarbonyl (C=S) groups is 1. The average Bonchev–Trinajstić information content (AvgIpc) is 2.84. The first-order valence-electron chi connectivity index (χ1n) is 6.33. The number of halogens is 1. The van der Waals surface area contributed by atoms with Crippen LogP contribution in [0.25, 0.3) is 0 Å². The van der Waals surface area contributed by atoms with Gasteiger partial charge in [0.25, 0.3) is 0 Å². The van der Waals surface area contributed by atoms with Gasteiger partial charge in [-0.1, -0.05) is 31.1 Å². The van der Waals surface area contributed by atoms with E-state index in [1.165, 1.54) is 6.07 Å². The van der Waals surface area contributed by atoms with Gasteiger partial charge in [0, 0.05) is 5.69 Å². The molecule has 0 bridgehead atoms. The number of rotatable bonds is 3. The summed E-state index contributed by atoms with van der Waals surface area (Å²) in [5.41, 5.74) is 5.96. The Kier molecular flexibility index (Phi) is 3.85. The lowest BCUT2D eigenvalue weighted by molar-refractivity contribution is -0.122. The number of benzene rings is 1. The van der Waals surface area contributed by atoms with Crippen molar-refractivity contribution in [2.45, 2.75) is 32.6 Å². The van der Waals surface area contributed by atoms with Gasteiger partial charge in [0.2, 0.25) is 5.91 Å². The minimum absolute atomic E-state index is 0.222. The Hall–Kier alpha value is -1.49. The highest BCUT2D eigenvalue weighted by Crippen LogP contribution is 2.39. The van der Waals surface area contributed by atoms with Gasteiger partial charge in [-0.25, -0.2) is 4.39 Å². The second-order valence-electron chi connectivity index (χ2n) is 5.07. The standard InChI is InChI=1S/C14H17FN2OS/c1-9-4-5-10(8-11(9)15)17-13(18)14(12(16)19)6-2-3-7-14/h4-5,8H,2-3,6-7H2,1H3,(H2,16,19)(H,17,18). The molecule has 1 fully saturated rings. The fourth-order valence-corrected chi connectivity index (χ4v) is 2.78. The van der Waals surface area contributed by atoms with E-state index in [1.807, 2.05) is 0 Å². The molecule has 0 radical (unpaired) electrons. The maximum Gasteiger partial charge on any atom is 0.237 e. The number of hydrogen-bond acceptors (Lipinski definition) is 2. The third-order valence-electron chi connectivity index (χ3n) is 3.79. The average molecular weight is 280 g/mol. The minimum Gasteiger partial charge on any atom is -0.392 e. The molecule has 5 heteroatoms. The summed E-state index contributed by atoms with van der Waals surface area (Å²) >= 11 is 5.05. The van der Waals surface area contributed by atoms with Gasteiger partial charge in [-0.3, -0.25) is 4.79 Å². The van der Waals surface area contributed by atoms with Crippen LogP contribution in [0.4, 0.5) is 10.1 Å². The van der Waals surface area contributed by atoms with Gasteiger partial charge in [-0.2, -0.15) is 0 Å². The van der Waals surface area contributed by atoms with E-state index in [0.29, 0.717) is 24.1 Å². The van der Waals surface area contributed by atoms with Gasteiger partial charge < -0.3 is 11.1 Å². The first kappa shape index (κ1) is 13.9. The molecule has 19 heavy (non-hydrogen) atoms. The molecule has 102 valence electrons. The number of carbonyl (C=O) groups is 1. The lowest BCUT2D eigenvalue weighted by Gasteiger charge is -2.26. The summed E-state index contributed by atoms with van der Waals surface area (Å²) in [5.74, 6) is -0.561. The van der Waals surface area contributed by atoms with Crippen molar-refractivity contribution in [2.24, 2.45) is 11.1 Å². The zero-order valence-corrected chi connectivity index (χ0v) is 11.6. The topological polar surface area (TPSA) is 55.1 Å². The molecule has 0 aromatic heterocycles. The van der Waals surface area contributed by atoms with E-state index in [-0.39, 0.29) is 16.7 Å². The van der Waals surface area contributed by atoms with Crippen molar-refractivity contribution in [3.63, 3.8) is 0 Å². The van der Waals surface area contributed by atoms with E-state index in [4.69, 9.17) is 18.0 Å². The van der Waals surface area contributed by atoms with E-state index in [0.717, 1.165) is 12.8 Å². The Morgan fingerprint density at radius 2 is 2.05 bits per heavy atom. The number of nitrogens with two attached hydrogens (primary N) is 1. The largest absolute Gasteiger partial charge is 0.392 e. The Labute approximate surface area is 117 Å². The van der Waals surface area contributed by atoms with E-state index < -0.39 is 5.41 Å². The van der Waals surface area contributed by atoms with Gasteiger partial charge in [0.15, 0.2) is 0 Å². The van der Waals surface area contributed by atoms with E-state index >= 15 is 0 Å². The fourth-order valence-electron chi connectivity index (χ4n) is 2.49. The molecule has 1 aromatic carbocycles. The van der Waals surface area contributed by atoms with Crippen molar-refractivity contribution < 1.29 is 9.18 Å². The second kappa shape index (κ2) is 5.25. The molecule has 1 aliphatic carbocycles. The van der Waals surface area contributed by atoms with E-state index in [1.54, 1.807) is 19.1 Å². The van der Waals surface area contributed by atoms with Crippen LogP contribution in [-0.4, -0.2) is 10.9 Å². The molecule has 0 heterocycles. The number of hydrogen-bond donors (Lipinski definition) is 2. The van der Waals surface area contributed by atoms with Gasteiger partial charge in [-0.05, 0) is 37.5 Å². The quantitative estimate of drug-likeness (QED) is 0.837. The van der Waals surface area contributed by atoms with Crippen molar-refractivity contribution >= 4 is 28.8 Å². The summed E-state index contributed by atoms with van der Waals surface area (Å²) in [6, 6.07) is 4.63. The van der Waals surface area contributed by atoms with Crippen LogP contribution in [0.15, 0.2) is 18.2 Å². The van der Waals surface area contributed by atoms with Crippen LogP contribution in [0, 0.1) is 18.2 Å². The molecule has 3 nitrogen and oxygen atoms in total. The fraction of sp³-hybridized carbons (Fsp3) is 0.429. The second-order valence-corrected chi connectivity index (χ2v) is 5.51. The predicted molar refractivity (Wildman–Crippen MR) is 77.5 cm³/mol. The number of carbonyl (C=O) groups excluding carboxylic acids is 1. The van der Waals surface area contributed by atoms with Gasteiger partial charge in [0.05, 0.1) is 10.4 Å². The Morgan fingerprint density at radius 3 is 2.58 bits per heavy atom. The first-order valence-corrected chi connectivity index (χ1v) is 6.74. The summed E-state index contributed by atoms with van der Waals surface area (Å²) in [7, 11) is 0. The number of amides is 1. The Bertz CT molecular complexity index is 524. The van der Waals surface area contributed by atoms with E-state index in [9.17, 15) is 9.18 Å². The summed E-state index contributed by atoms with van der Waals surface area (Å²) in [4.78, 5) is 12.6. The van der Waals surface area contributed by atoms with Gasteiger partial charge >= 0.3 is 0 Å². The first-order chi connectivity index (χ1) is 8.95. The molecule has 1 aromatic rings. The van der Waals surface area contributed by atoms with Crippen molar-refractivity contribution in [1.29, 1.82) is 0 Å². The normalized spacial score (nSPS) is 17.2.